The molecule has 0 aromatic carbocycles. The van der Waals surface area contributed by atoms with E-state index >= 15 is 0 Å². The van der Waals surface area contributed by atoms with Crippen LogP contribution in [-0.4, -0.2) is 22.5 Å². The average Bonchev–Trinajstić information content (AvgIpc) is 3.41. The van der Waals surface area contributed by atoms with Crippen molar-refractivity contribution >= 4 is 0 Å². The number of allylic oxidation sites excluding steroid dienone is 4. The molecule has 2 unspecified atom stereocenters. The molecule has 2 atom stereocenters. The molecule has 0 N–H and O–H groups in total. The minimum absolute atomic E-state index is 0.133. The predicted molar refractivity (Wildman–Crippen MR) is 334 cm³/mol. The lowest BCUT2D eigenvalue weighted by Crippen LogP contribution is -2.60. The number of rotatable bonds is 57. The molecule has 0 aromatic heterocycles. The Kier molecular flexibility index (Phi) is 47.0. The van der Waals surface area contributed by atoms with Crippen molar-refractivity contribution in [2.24, 2.45) is 0 Å². The van der Waals surface area contributed by atoms with Crippen LogP contribution in [-0.2, 0) is 0 Å². The van der Waals surface area contributed by atoms with Crippen LogP contribution in [0.3, 0.4) is 0 Å². The van der Waals surface area contributed by atoms with Gasteiger partial charge in [-0.1, -0.05) is 384 Å². The van der Waals surface area contributed by atoms with E-state index in [-0.39, 0.29) is 11.1 Å². The van der Waals surface area contributed by atoms with E-state index < -0.39 is 0 Å². The SMILES string of the molecule is CCCCCCCCCCCCCCCCCCCCCCN(C1(CCCCCCCCCC)C=CC(CCCCCCCCC)=CC1)C1(CCCCCCCCCC)C=CC(CCCCCCCCC)=CC1. The average molecular weight is 1010 g/mol. The van der Waals surface area contributed by atoms with Crippen molar-refractivity contribution in [1.82, 2.24) is 4.90 Å². The predicted octanol–water partition coefficient (Wildman–Crippen LogP) is 25.7. The van der Waals surface area contributed by atoms with Gasteiger partial charge in [0.25, 0.3) is 0 Å². The topological polar surface area (TPSA) is 3.24 Å². The maximum Gasteiger partial charge on any atom is 0.0437 e. The maximum atomic E-state index is 3.23. The molecule has 0 saturated carbocycles. The second-order valence-corrected chi connectivity index (χ2v) is 24.9. The number of hydrogen-bond donors (Lipinski definition) is 0. The lowest BCUT2D eigenvalue weighted by Gasteiger charge is -2.54. The Morgan fingerprint density at radius 2 is 0.493 bits per heavy atom. The first-order chi connectivity index (χ1) is 36.1. The first-order valence-corrected chi connectivity index (χ1v) is 34.6. The third kappa shape index (κ3) is 35.9. The van der Waals surface area contributed by atoms with Crippen LogP contribution in [0.4, 0.5) is 0 Å². The smallest absolute Gasteiger partial charge is 0.0437 e. The second-order valence-electron chi connectivity index (χ2n) is 24.9. The number of nitrogens with zero attached hydrogens (tertiary/aromatic N) is 1. The van der Waals surface area contributed by atoms with E-state index in [0.717, 1.165) is 0 Å². The van der Waals surface area contributed by atoms with Crippen molar-refractivity contribution in [3.63, 3.8) is 0 Å². The van der Waals surface area contributed by atoms with Gasteiger partial charge in [0.1, 0.15) is 0 Å². The highest BCUT2D eigenvalue weighted by molar-refractivity contribution is 5.35. The van der Waals surface area contributed by atoms with Gasteiger partial charge in [-0.3, -0.25) is 4.90 Å². The molecule has 2 rings (SSSR count). The molecule has 2 aliphatic carbocycles. The van der Waals surface area contributed by atoms with Gasteiger partial charge in [0.15, 0.2) is 0 Å². The van der Waals surface area contributed by atoms with E-state index in [0.29, 0.717) is 0 Å². The van der Waals surface area contributed by atoms with Gasteiger partial charge in [-0.15, -0.1) is 0 Å². The Hall–Kier alpha value is -1.08. The molecule has 0 spiro atoms. The van der Waals surface area contributed by atoms with Gasteiger partial charge in [-0.25, -0.2) is 0 Å². The largest absolute Gasteiger partial charge is 0.284 e. The van der Waals surface area contributed by atoms with Gasteiger partial charge in [-0.2, -0.15) is 0 Å². The third-order valence-corrected chi connectivity index (χ3v) is 18.0. The van der Waals surface area contributed by atoms with Crippen molar-refractivity contribution in [3.05, 3.63) is 47.6 Å². The summed E-state index contributed by atoms with van der Waals surface area (Å²) in [7, 11) is 0. The zero-order valence-corrected chi connectivity index (χ0v) is 51.2. The molecule has 0 bridgehead atoms. The molecule has 0 amide bonds. The van der Waals surface area contributed by atoms with Crippen LogP contribution >= 0.6 is 0 Å². The van der Waals surface area contributed by atoms with E-state index in [4.69, 9.17) is 0 Å². The number of hydrogen-bond acceptors (Lipinski definition) is 1. The molecule has 0 radical (unpaired) electrons. The lowest BCUT2D eigenvalue weighted by atomic mass is 9.73. The van der Waals surface area contributed by atoms with E-state index in [1.807, 2.05) is 0 Å². The molecule has 0 saturated heterocycles. The lowest BCUT2D eigenvalue weighted by molar-refractivity contribution is 0.0157. The molecule has 0 heterocycles. The molecule has 0 aromatic rings. The van der Waals surface area contributed by atoms with Crippen molar-refractivity contribution in [3.8, 4) is 0 Å². The van der Waals surface area contributed by atoms with Crippen molar-refractivity contribution in [2.75, 3.05) is 6.54 Å². The van der Waals surface area contributed by atoms with Crippen molar-refractivity contribution in [2.45, 2.75) is 405 Å². The van der Waals surface area contributed by atoms with Crippen LogP contribution in [0, 0.1) is 0 Å². The van der Waals surface area contributed by atoms with E-state index in [1.165, 1.54) is 366 Å². The Morgan fingerprint density at radius 1 is 0.274 bits per heavy atom. The van der Waals surface area contributed by atoms with E-state index in [1.54, 1.807) is 11.1 Å². The molecule has 2 aliphatic rings. The molecule has 1 nitrogen and oxygen atoms in total. The standard InChI is InChI=1S/C72H135N/c1-6-11-16-21-26-29-30-31-32-33-34-35-36-37-38-39-40-45-50-55-68-73(71(62-53-48-43-27-22-17-12-7-2)64-58-69(59-65-71)56-51-46-41-24-19-14-9-4)72(63-54-49-44-28-23-18-13-8-3)66-60-70(61-67-72)57-52-47-42-25-20-15-10-5/h58-61,64,66H,6-57,62-63,65,67-68H2,1-5H3. The summed E-state index contributed by atoms with van der Waals surface area (Å²) in [6.07, 6.45) is 95.6. The quantitative estimate of drug-likeness (QED) is 0.0549. The van der Waals surface area contributed by atoms with E-state index in [2.05, 4.69) is 76.0 Å². The Balaban J connectivity index is 2.17. The fourth-order valence-electron chi connectivity index (χ4n) is 12.9. The summed E-state index contributed by atoms with van der Waals surface area (Å²) < 4.78 is 0. The highest BCUT2D eigenvalue weighted by atomic mass is 15.3. The highest BCUT2D eigenvalue weighted by Crippen LogP contribution is 2.45. The molecule has 428 valence electrons. The second kappa shape index (κ2) is 50.4. The summed E-state index contributed by atoms with van der Waals surface area (Å²) in [6, 6.07) is 0. The van der Waals surface area contributed by atoms with Gasteiger partial charge in [0.2, 0.25) is 0 Å². The summed E-state index contributed by atoms with van der Waals surface area (Å²) in [5.41, 5.74) is 3.56. The highest BCUT2D eigenvalue weighted by Gasteiger charge is 2.45. The fraction of sp³-hybridized carbons (Fsp3) is 0.889. The summed E-state index contributed by atoms with van der Waals surface area (Å²) in [6.45, 7) is 13.0. The van der Waals surface area contributed by atoms with Crippen LogP contribution in [0.2, 0.25) is 0 Å². The zero-order chi connectivity index (χ0) is 52.3. The van der Waals surface area contributed by atoms with Gasteiger partial charge < -0.3 is 0 Å². The minimum atomic E-state index is 0.133. The third-order valence-electron chi connectivity index (χ3n) is 18.0. The maximum absolute atomic E-state index is 3.23. The first kappa shape index (κ1) is 68.0. The van der Waals surface area contributed by atoms with Crippen LogP contribution in [0.15, 0.2) is 47.6 Å². The fourth-order valence-corrected chi connectivity index (χ4v) is 12.9. The van der Waals surface area contributed by atoms with Gasteiger partial charge in [-0.05, 0) is 64.3 Å². The van der Waals surface area contributed by atoms with Crippen molar-refractivity contribution in [1.29, 1.82) is 0 Å². The zero-order valence-electron chi connectivity index (χ0n) is 51.2. The van der Waals surface area contributed by atoms with E-state index in [9.17, 15) is 0 Å². The molecule has 0 fully saturated rings. The van der Waals surface area contributed by atoms with Crippen LogP contribution < -0.4 is 0 Å². The Bertz CT molecular complexity index is 1210. The first-order valence-electron chi connectivity index (χ1n) is 34.6. The Morgan fingerprint density at radius 3 is 0.726 bits per heavy atom. The van der Waals surface area contributed by atoms with Crippen LogP contribution in [0.25, 0.3) is 0 Å². The normalized spacial score (nSPS) is 17.8. The summed E-state index contributed by atoms with van der Waals surface area (Å²) in [5, 5.41) is 0. The molecule has 73 heavy (non-hydrogen) atoms. The molecule has 1 heteroatoms. The van der Waals surface area contributed by atoms with Gasteiger partial charge in [0.05, 0.1) is 0 Å². The van der Waals surface area contributed by atoms with Crippen molar-refractivity contribution < 1.29 is 0 Å². The molecular formula is C72H135N. The minimum Gasteiger partial charge on any atom is -0.284 e. The summed E-state index contributed by atoms with van der Waals surface area (Å²) in [4.78, 5) is 3.23. The Labute approximate surface area is 462 Å². The summed E-state index contributed by atoms with van der Waals surface area (Å²) >= 11 is 0. The monoisotopic (exact) mass is 1010 g/mol. The molecule has 0 aliphatic heterocycles. The van der Waals surface area contributed by atoms with Crippen LogP contribution in [0.1, 0.15) is 394 Å². The van der Waals surface area contributed by atoms with Crippen LogP contribution in [0.5, 0.6) is 0 Å². The van der Waals surface area contributed by atoms with Gasteiger partial charge in [0, 0.05) is 11.1 Å². The van der Waals surface area contributed by atoms with Gasteiger partial charge >= 0.3 is 0 Å². The summed E-state index contributed by atoms with van der Waals surface area (Å²) in [5.74, 6) is 0. The molecular weight excluding hydrogens is 879 g/mol. The number of unbranched alkanes of at least 4 members (excludes halogenated alkanes) is 45.